The summed E-state index contributed by atoms with van der Waals surface area (Å²) in [6.45, 7) is 4.23. The van der Waals surface area contributed by atoms with Crippen LogP contribution in [-0.4, -0.2) is 55.1 Å². The van der Waals surface area contributed by atoms with Crippen LogP contribution in [0.3, 0.4) is 0 Å². The molecule has 0 N–H and O–H groups in total. The second kappa shape index (κ2) is 12.9. The second-order valence-electron chi connectivity index (χ2n) is 9.94. The highest BCUT2D eigenvalue weighted by Gasteiger charge is 2.43. The van der Waals surface area contributed by atoms with Gasteiger partial charge in [-0.15, -0.1) is 0 Å². The molecule has 0 bridgehead atoms. The third-order valence-electron chi connectivity index (χ3n) is 5.98. The van der Waals surface area contributed by atoms with Gasteiger partial charge < -0.3 is 13.1 Å². The van der Waals surface area contributed by atoms with E-state index in [0.29, 0.717) is 22.3 Å². The van der Waals surface area contributed by atoms with Crippen molar-refractivity contribution in [2.24, 2.45) is 0 Å². The van der Waals surface area contributed by atoms with Crippen molar-refractivity contribution in [1.29, 1.82) is 0 Å². The molecule has 0 aliphatic rings. The summed E-state index contributed by atoms with van der Waals surface area (Å²) in [6.07, 6.45) is -2.28. The van der Waals surface area contributed by atoms with Gasteiger partial charge >= 0.3 is 32.3 Å². The lowest BCUT2D eigenvalue weighted by Gasteiger charge is -2.24. The number of methoxy groups -OCH3 is 1. The van der Waals surface area contributed by atoms with Crippen LogP contribution in [0.4, 0.5) is 23.2 Å². The second-order valence-corrected chi connectivity index (χ2v) is 13.1. The van der Waals surface area contributed by atoms with Crippen molar-refractivity contribution in [3.05, 3.63) is 71.6 Å². The van der Waals surface area contributed by atoms with Gasteiger partial charge in [0.25, 0.3) is 0 Å². The molecule has 0 heterocycles. The number of amides is 1. The first-order valence-corrected chi connectivity index (χ1v) is 16.3. The van der Waals surface area contributed by atoms with Crippen molar-refractivity contribution < 1.29 is 52.3 Å². The van der Waals surface area contributed by atoms with E-state index >= 15 is 4.39 Å². The maximum atomic E-state index is 15.5. The molecule has 0 atom stereocenters. The summed E-state index contributed by atoms with van der Waals surface area (Å²) in [5.41, 5.74) is 1.15. The maximum absolute atomic E-state index is 15.5. The molecule has 3 rings (SSSR count). The van der Waals surface area contributed by atoms with E-state index in [1.807, 2.05) is 0 Å². The Labute approximate surface area is 252 Å². The Bertz CT molecular complexity index is 1820. The third kappa shape index (κ3) is 8.50. The number of hydrogen-bond donors (Lipinski definition) is 0. The van der Waals surface area contributed by atoms with Crippen LogP contribution in [0.1, 0.15) is 19.4 Å². The minimum atomic E-state index is -5.27. The minimum Gasteiger partial charge on any atom is -0.492 e. The first kappa shape index (κ1) is 34.4. The average Bonchev–Trinajstić information content (AvgIpc) is 2.87. The van der Waals surface area contributed by atoms with Crippen molar-refractivity contribution in [2.75, 3.05) is 31.1 Å². The molecule has 1 amide bonds. The number of rotatable bonds is 10. The van der Waals surface area contributed by atoms with Gasteiger partial charge in [0, 0.05) is 17.7 Å². The van der Waals surface area contributed by atoms with Crippen molar-refractivity contribution in [2.45, 2.75) is 26.9 Å². The van der Waals surface area contributed by atoms with E-state index in [4.69, 9.17) is 13.1 Å². The van der Waals surface area contributed by atoms with Gasteiger partial charge in [-0.2, -0.15) is 30.0 Å². The Morgan fingerprint density at radius 3 is 1.93 bits per heavy atom. The molecule has 0 aliphatic carbocycles. The summed E-state index contributed by atoms with van der Waals surface area (Å²) in [5, 5.41) is 0. The van der Waals surface area contributed by atoms with E-state index < -0.39 is 50.4 Å². The van der Waals surface area contributed by atoms with Crippen molar-refractivity contribution in [3.63, 3.8) is 0 Å². The summed E-state index contributed by atoms with van der Waals surface area (Å²) >= 11 is 0. The first-order chi connectivity index (χ1) is 20.2. The molecular weight excluding hydrogens is 630 g/mol. The Balaban J connectivity index is 2.24. The predicted octanol–water partition coefficient (Wildman–Crippen LogP) is 6.02. The molecule has 0 fully saturated rings. The van der Waals surface area contributed by atoms with E-state index in [9.17, 15) is 34.8 Å². The van der Waals surface area contributed by atoms with Gasteiger partial charge in [0.05, 0.1) is 25.3 Å². The first-order valence-electron chi connectivity index (χ1n) is 12.6. The zero-order valence-corrected chi connectivity index (χ0v) is 26.1. The maximum Gasteiger partial charge on any atom is 0.471 e. The van der Waals surface area contributed by atoms with Gasteiger partial charge in [0.1, 0.15) is 11.6 Å². The number of nitrogens with zero attached hydrogens (tertiary/aromatic N) is 1. The number of alkyl halides is 3. The Morgan fingerprint density at radius 2 is 1.45 bits per heavy atom. The molecule has 3 aromatic carbocycles. The molecule has 44 heavy (non-hydrogen) atoms. The van der Waals surface area contributed by atoms with Crippen LogP contribution >= 0.6 is 0 Å². The molecular formula is C29H29F4NO8S2. The fraction of sp³-hybridized carbons (Fsp3) is 0.276. The zero-order chi connectivity index (χ0) is 33.2. The number of ether oxygens (including phenoxy) is 1. The number of anilines is 1. The normalized spacial score (nSPS) is 12.0. The SMILES string of the molecule is COc1c(-c2ccc(OS(C)(=O)=O)cc2)cc(C)c(-c2ccc(N(CC=C(C)C)C(=O)C(F)(F)F)c(F)c2)c1OS(C)(=O)=O. The molecule has 0 aliphatic heterocycles. The van der Waals surface area contributed by atoms with E-state index in [1.165, 1.54) is 43.5 Å². The van der Waals surface area contributed by atoms with Gasteiger partial charge in [-0.25, -0.2) is 4.39 Å². The monoisotopic (exact) mass is 659 g/mol. The van der Waals surface area contributed by atoms with Gasteiger partial charge in [0.2, 0.25) is 0 Å². The smallest absolute Gasteiger partial charge is 0.471 e. The molecule has 9 nitrogen and oxygen atoms in total. The summed E-state index contributed by atoms with van der Waals surface area (Å²) < 4.78 is 119. The molecule has 0 spiro atoms. The highest BCUT2D eigenvalue weighted by Crippen LogP contribution is 2.48. The Hall–Kier alpha value is -4.11. The van der Waals surface area contributed by atoms with Gasteiger partial charge in [-0.3, -0.25) is 9.69 Å². The van der Waals surface area contributed by atoms with E-state index in [0.717, 1.165) is 24.6 Å². The summed E-state index contributed by atoms with van der Waals surface area (Å²) in [5.74, 6) is -3.85. The summed E-state index contributed by atoms with van der Waals surface area (Å²) in [6, 6.07) is 10.4. The number of hydrogen-bond acceptors (Lipinski definition) is 8. The van der Waals surface area contributed by atoms with Gasteiger partial charge in [-0.1, -0.05) is 29.8 Å². The predicted molar refractivity (Wildman–Crippen MR) is 157 cm³/mol. The van der Waals surface area contributed by atoms with Crippen LogP contribution in [0.5, 0.6) is 17.2 Å². The summed E-state index contributed by atoms with van der Waals surface area (Å²) in [4.78, 5) is 12.4. The minimum absolute atomic E-state index is 0.0192. The standard InChI is InChI=1S/C29H29F4NO8S2/c1-17(2)13-14-34(28(35)29(31,32)33)24-12-9-20(16-23(24)30)25-18(3)15-22(26(40-4)27(25)42-44(6,38)39)19-7-10-21(11-8-19)41-43(5,36)37/h7-13,15-16H,14H2,1-6H3. The van der Waals surface area contributed by atoms with E-state index in [1.54, 1.807) is 26.8 Å². The van der Waals surface area contributed by atoms with Crippen LogP contribution in [0.2, 0.25) is 0 Å². The lowest BCUT2D eigenvalue weighted by molar-refractivity contribution is -0.170. The number of allylic oxidation sites excluding steroid dienone is 1. The van der Waals surface area contributed by atoms with Crippen LogP contribution in [0.25, 0.3) is 22.3 Å². The lowest BCUT2D eigenvalue weighted by Crippen LogP contribution is -2.42. The third-order valence-corrected chi connectivity index (χ3v) is 6.95. The van der Waals surface area contributed by atoms with Gasteiger partial charge in [0.15, 0.2) is 11.5 Å². The van der Waals surface area contributed by atoms with Crippen molar-refractivity contribution in [1.82, 2.24) is 0 Å². The average molecular weight is 660 g/mol. The molecule has 238 valence electrons. The van der Waals surface area contributed by atoms with Crippen LogP contribution in [0.15, 0.2) is 60.2 Å². The molecule has 3 aromatic rings. The largest absolute Gasteiger partial charge is 0.492 e. The van der Waals surface area contributed by atoms with Crippen LogP contribution in [-0.2, 0) is 25.0 Å². The number of halogens is 4. The molecule has 0 saturated carbocycles. The van der Waals surface area contributed by atoms with Crippen LogP contribution < -0.4 is 18.0 Å². The van der Waals surface area contributed by atoms with Crippen molar-refractivity contribution in [3.8, 4) is 39.5 Å². The quantitative estimate of drug-likeness (QED) is 0.148. The Kier molecular flexibility index (Phi) is 10.0. The fourth-order valence-electron chi connectivity index (χ4n) is 4.24. The summed E-state index contributed by atoms with van der Waals surface area (Å²) in [7, 11) is -6.76. The molecule has 0 radical (unpaired) electrons. The molecule has 0 unspecified atom stereocenters. The van der Waals surface area contributed by atoms with Crippen molar-refractivity contribution >= 4 is 31.8 Å². The Morgan fingerprint density at radius 1 is 0.886 bits per heavy atom. The fourth-order valence-corrected chi connectivity index (χ4v) is 5.16. The number of aryl methyl sites for hydroxylation is 1. The zero-order valence-electron chi connectivity index (χ0n) is 24.4. The van der Waals surface area contributed by atoms with Gasteiger partial charge in [-0.05, 0) is 67.8 Å². The number of carbonyl (C=O) groups excluding carboxylic acids is 1. The highest BCUT2D eigenvalue weighted by atomic mass is 32.2. The van der Waals surface area contributed by atoms with E-state index in [-0.39, 0.29) is 33.3 Å². The highest BCUT2D eigenvalue weighted by molar-refractivity contribution is 7.86. The molecule has 0 saturated heterocycles. The topological polar surface area (TPSA) is 116 Å². The number of carbonyl (C=O) groups is 1. The number of benzene rings is 3. The lowest BCUT2D eigenvalue weighted by atomic mass is 9.93. The van der Waals surface area contributed by atoms with Crippen LogP contribution in [0, 0.1) is 12.7 Å². The molecule has 15 heteroatoms. The van der Waals surface area contributed by atoms with E-state index in [2.05, 4.69) is 0 Å². The molecule has 0 aromatic heterocycles.